The average molecular weight is 399 g/mol. The quantitative estimate of drug-likeness (QED) is 0.636. The molecule has 1 saturated heterocycles. The molecule has 7 nitrogen and oxygen atoms in total. The smallest absolute Gasteiger partial charge is 0.212 e. The molecule has 1 aliphatic heterocycles. The maximum Gasteiger partial charge on any atom is 0.212 e. The molecule has 2 unspecified atom stereocenters. The van der Waals surface area contributed by atoms with E-state index in [0.29, 0.717) is 51.9 Å². The van der Waals surface area contributed by atoms with Crippen LogP contribution in [0.15, 0.2) is 42.6 Å². The zero-order valence-electron chi connectivity index (χ0n) is 14.6. The molecule has 2 N–H and O–H groups in total. The largest absolute Gasteiger partial charge is 0.381 e. The van der Waals surface area contributed by atoms with Gasteiger partial charge in [0.25, 0.3) is 0 Å². The minimum Gasteiger partial charge on any atom is -0.381 e. The van der Waals surface area contributed by atoms with Gasteiger partial charge in [0, 0.05) is 23.9 Å². The van der Waals surface area contributed by atoms with E-state index >= 15 is 0 Å². The summed E-state index contributed by atoms with van der Waals surface area (Å²) in [7, 11) is 0. The summed E-state index contributed by atoms with van der Waals surface area (Å²) < 4.78 is 18.5. The number of hydrogen-bond acceptors (Lipinski definition) is 7. The molecule has 0 radical (unpaired) electrons. The zero-order chi connectivity index (χ0) is 19.1. The Labute approximate surface area is 165 Å². The Morgan fingerprint density at radius 1 is 1.04 bits per heavy atom. The van der Waals surface area contributed by atoms with E-state index in [1.54, 1.807) is 24.3 Å². The normalized spacial score (nSPS) is 22.6. The van der Waals surface area contributed by atoms with E-state index in [9.17, 15) is 4.39 Å². The van der Waals surface area contributed by atoms with Crippen LogP contribution in [-0.4, -0.2) is 39.2 Å². The fraction of sp³-hybridized carbons (Fsp3) is 0.263. The highest BCUT2D eigenvalue weighted by Gasteiger charge is 2.54. The molecule has 2 aliphatic rings. The van der Waals surface area contributed by atoms with Gasteiger partial charge in [-0.05, 0) is 24.3 Å². The molecule has 2 atom stereocenters. The van der Waals surface area contributed by atoms with Gasteiger partial charge < -0.3 is 15.4 Å². The summed E-state index contributed by atoms with van der Waals surface area (Å²) >= 11 is 6.02. The van der Waals surface area contributed by atoms with Gasteiger partial charge in [-0.15, -0.1) is 0 Å². The molecule has 3 aromatic heterocycles. The van der Waals surface area contributed by atoms with Gasteiger partial charge in [0.15, 0.2) is 5.82 Å². The van der Waals surface area contributed by atoms with Crippen molar-refractivity contribution in [2.45, 2.75) is 6.04 Å². The first-order chi connectivity index (χ1) is 13.7. The van der Waals surface area contributed by atoms with E-state index in [0.717, 1.165) is 13.2 Å². The first-order valence-corrected chi connectivity index (χ1v) is 9.28. The van der Waals surface area contributed by atoms with Gasteiger partial charge in [-0.25, -0.2) is 19.9 Å². The maximum absolute atomic E-state index is 13.1. The van der Waals surface area contributed by atoms with E-state index in [1.165, 1.54) is 12.3 Å². The average Bonchev–Trinajstić information content (AvgIpc) is 3.11. The number of hydrogen-bond donors (Lipinski definition) is 2. The molecule has 0 bridgehead atoms. The molecule has 9 heteroatoms. The molecule has 3 aromatic rings. The number of nitrogens with zero attached hydrogens (tertiary/aromatic N) is 4. The van der Waals surface area contributed by atoms with E-state index in [-0.39, 0.29) is 0 Å². The number of nitrogens with one attached hydrogen (secondary N) is 2. The highest BCUT2D eigenvalue weighted by Crippen LogP contribution is 2.46. The molecule has 1 saturated carbocycles. The molecule has 2 fully saturated rings. The van der Waals surface area contributed by atoms with Gasteiger partial charge in [-0.1, -0.05) is 17.7 Å². The number of halogens is 2. The van der Waals surface area contributed by atoms with Crippen LogP contribution in [0.4, 0.5) is 21.7 Å². The molecule has 0 aromatic carbocycles. The second kappa shape index (κ2) is 6.96. The zero-order valence-corrected chi connectivity index (χ0v) is 15.4. The van der Waals surface area contributed by atoms with Crippen LogP contribution in [0.2, 0.25) is 5.15 Å². The third-order valence-corrected chi connectivity index (χ3v) is 5.15. The molecular weight excluding hydrogens is 383 g/mol. The highest BCUT2D eigenvalue weighted by molar-refractivity contribution is 6.29. The predicted molar refractivity (Wildman–Crippen MR) is 103 cm³/mol. The SMILES string of the molecule is Fc1ccc(Nc2cc(NC3C4COCC43)nc(-c3cccc(Cl)n3)n2)cn1. The summed E-state index contributed by atoms with van der Waals surface area (Å²) in [5.74, 6) is 2.18. The minimum atomic E-state index is -0.540. The van der Waals surface area contributed by atoms with Gasteiger partial charge in [-0.2, -0.15) is 4.39 Å². The molecule has 4 heterocycles. The summed E-state index contributed by atoms with van der Waals surface area (Å²) in [5, 5.41) is 6.97. The van der Waals surface area contributed by atoms with Crippen molar-refractivity contribution >= 4 is 28.9 Å². The lowest BCUT2D eigenvalue weighted by molar-refractivity contribution is 0.162. The highest BCUT2D eigenvalue weighted by atomic mass is 35.5. The lowest BCUT2D eigenvalue weighted by Gasteiger charge is -2.12. The van der Waals surface area contributed by atoms with Crippen LogP contribution in [0.3, 0.4) is 0 Å². The summed E-state index contributed by atoms with van der Waals surface area (Å²) in [6, 6.07) is 10.3. The van der Waals surface area contributed by atoms with Crippen molar-refractivity contribution in [2.24, 2.45) is 11.8 Å². The van der Waals surface area contributed by atoms with Crippen LogP contribution in [0.5, 0.6) is 0 Å². The van der Waals surface area contributed by atoms with Crippen LogP contribution < -0.4 is 10.6 Å². The third kappa shape index (κ3) is 3.48. The number of aromatic nitrogens is 4. The van der Waals surface area contributed by atoms with Gasteiger partial charge in [-0.3, -0.25) is 0 Å². The van der Waals surface area contributed by atoms with Crippen molar-refractivity contribution in [3.8, 4) is 11.5 Å². The fourth-order valence-electron chi connectivity index (χ4n) is 3.45. The van der Waals surface area contributed by atoms with Gasteiger partial charge in [0.2, 0.25) is 5.95 Å². The summed E-state index contributed by atoms with van der Waals surface area (Å²) in [6.07, 6.45) is 1.41. The first kappa shape index (κ1) is 17.3. The Kier molecular flexibility index (Phi) is 4.29. The number of rotatable bonds is 5. The molecule has 0 spiro atoms. The van der Waals surface area contributed by atoms with Crippen molar-refractivity contribution in [1.29, 1.82) is 0 Å². The first-order valence-electron chi connectivity index (χ1n) is 8.90. The van der Waals surface area contributed by atoms with Crippen LogP contribution in [0, 0.1) is 17.8 Å². The molecule has 1 aliphatic carbocycles. The van der Waals surface area contributed by atoms with Crippen molar-refractivity contribution in [1.82, 2.24) is 19.9 Å². The van der Waals surface area contributed by atoms with Crippen molar-refractivity contribution in [2.75, 3.05) is 23.8 Å². The fourth-order valence-corrected chi connectivity index (χ4v) is 3.62. The second-order valence-electron chi connectivity index (χ2n) is 6.84. The van der Waals surface area contributed by atoms with Crippen molar-refractivity contribution in [3.05, 3.63) is 53.7 Å². The van der Waals surface area contributed by atoms with E-state index in [1.807, 2.05) is 6.07 Å². The Morgan fingerprint density at radius 3 is 2.61 bits per heavy atom. The van der Waals surface area contributed by atoms with E-state index in [2.05, 4.69) is 30.6 Å². The number of fused-ring (bicyclic) bond motifs is 1. The second-order valence-corrected chi connectivity index (χ2v) is 7.22. The van der Waals surface area contributed by atoms with Crippen LogP contribution >= 0.6 is 11.6 Å². The summed E-state index contributed by atoms with van der Waals surface area (Å²) in [5.41, 5.74) is 1.18. The molecule has 0 amide bonds. The summed E-state index contributed by atoms with van der Waals surface area (Å²) in [4.78, 5) is 17.1. The Morgan fingerprint density at radius 2 is 1.86 bits per heavy atom. The molecule has 142 valence electrons. The topological polar surface area (TPSA) is 84.9 Å². The summed E-state index contributed by atoms with van der Waals surface area (Å²) in [6.45, 7) is 1.56. The van der Waals surface area contributed by atoms with Gasteiger partial charge in [0.05, 0.1) is 25.1 Å². The minimum absolute atomic E-state index is 0.351. The standard InChI is InChI=1S/C19H16ClFN6O/c20-14-3-1-2-13(24-14)19-26-16(23-10-4-5-15(21)22-7-10)6-17(27-19)25-18-11-8-28-9-12(11)18/h1-7,11-12,18H,8-9H2,(H2,23,25,26,27). The monoisotopic (exact) mass is 398 g/mol. The van der Waals surface area contributed by atoms with E-state index in [4.69, 9.17) is 16.3 Å². The maximum atomic E-state index is 13.1. The van der Waals surface area contributed by atoms with Crippen LogP contribution in [0.25, 0.3) is 11.5 Å². The van der Waals surface area contributed by atoms with Crippen molar-refractivity contribution in [3.63, 3.8) is 0 Å². The number of ether oxygens (including phenoxy) is 1. The Hall–Kier alpha value is -2.84. The van der Waals surface area contributed by atoms with Crippen LogP contribution in [0.1, 0.15) is 0 Å². The third-order valence-electron chi connectivity index (χ3n) is 4.94. The Bertz CT molecular complexity index is 1010. The molecule has 28 heavy (non-hydrogen) atoms. The van der Waals surface area contributed by atoms with Gasteiger partial charge >= 0.3 is 0 Å². The predicted octanol–water partition coefficient (Wildman–Crippen LogP) is 3.53. The van der Waals surface area contributed by atoms with Crippen molar-refractivity contribution < 1.29 is 9.13 Å². The molecular formula is C19H16ClFN6O. The number of anilines is 3. The lowest BCUT2D eigenvalue weighted by atomic mass is 10.3. The van der Waals surface area contributed by atoms with E-state index < -0.39 is 5.95 Å². The molecule has 5 rings (SSSR count). The Balaban J connectivity index is 1.47. The lowest BCUT2D eigenvalue weighted by Crippen LogP contribution is -2.14. The van der Waals surface area contributed by atoms with Crippen LogP contribution in [-0.2, 0) is 4.74 Å². The van der Waals surface area contributed by atoms with Gasteiger partial charge in [0.1, 0.15) is 22.5 Å². The number of pyridine rings is 2.